The molecule has 0 saturated heterocycles. The minimum Gasteiger partial charge on any atom is -0.497 e. The second-order valence-corrected chi connectivity index (χ2v) is 16.7. The van der Waals surface area contributed by atoms with Crippen LogP contribution < -0.4 is 4.74 Å². The van der Waals surface area contributed by atoms with Gasteiger partial charge in [-0.2, -0.15) is 0 Å². The molecule has 6 heteroatoms. The molecule has 5 nitrogen and oxygen atoms in total. The van der Waals surface area contributed by atoms with Gasteiger partial charge in [0.15, 0.2) is 0 Å². The number of carbonyl (C=O) groups excluding carboxylic acids is 2. The van der Waals surface area contributed by atoms with E-state index in [1.807, 2.05) is 65.8 Å². The van der Waals surface area contributed by atoms with Gasteiger partial charge in [0.1, 0.15) is 11.3 Å². The van der Waals surface area contributed by atoms with E-state index in [2.05, 4.69) is 19.6 Å². The molecule has 0 atom stereocenters. The lowest BCUT2D eigenvalue weighted by Crippen LogP contribution is -2.29. The summed E-state index contributed by atoms with van der Waals surface area (Å²) in [6.45, 7) is 18.9. The Hall–Kier alpha value is -2.08. The van der Waals surface area contributed by atoms with Crippen LogP contribution in [0, 0.1) is 10.8 Å². The highest BCUT2D eigenvalue weighted by Gasteiger charge is 2.25. The van der Waals surface area contributed by atoms with Gasteiger partial charge >= 0.3 is 11.9 Å². The second kappa shape index (κ2) is 10.3. The first-order valence-corrected chi connectivity index (χ1v) is 14.1. The predicted molar refractivity (Wildman–Crippen MR) is 124 cm³/mol. The number of esters is 2. The van der Waals surface area contributed by atoms with Crippen molar-refractivity contribution in [2.45, 2.75) is 61.2 Å². The van der Waals surface area contributed by atoms with Gasteiger partial charge in [-0.25, -0.2) is 9.59 Å². The number of hydrogen-bond donors (Lipinski definition) is 0. The fourth-order valence-electron chi connectivity index (χ4n) is 2.05. The molecule has 0 spiro atoms. The van der Waals surface area contributed by atoms with Crippen molar-refractivity contribution in [3.63, 3.8) is 0 Å². The summed E-state index contributed by atoms with van der Waals surface area (Å²) in [5, 5.41) is 0. The van der Waals surface area contributed by atoms with Gasteiger partial charge < -0.3 is 14.2 Å². The van der Waals surface area contributed by atoms with E-state index < -0.39 is 20.0 Å². The minimum absolute atomic E-state index is 0.112. The van der Waals surface area contributed by atoms with Crippen molar-refractivity contribution < 1.29 is 23.8 Å². The Kier molecular flexibility index (Phi) is 8.90. The number of benzene rings is 1. The molecule has 0 fully saturated rings. The van der Waals surface area contributed by atoms with E-state index in [0.717, 1.165) is 12.0 Å². The fraction of sp³-hybridized carbons (Fsp3) is 0.583. The molecule has 0 N–H and O–H groups in total. The number of carbonyl (C=O) groups is 2. The fourth-order valence-corrected chi connectivity index (χ4v) is 2.65. The van der Waals surface area contributed by atoms with E-state index in [9.17, 15) is 9.59 Å². The van der Waals surface area contributed by atoms with Crippen molar-refractivity contribution in [3.05, 3.63) is 35.4 Å². The summed E-state index contributed by atoms with van der Waals surface area (Å²) in [6.07, 6.45) is 2.24. The molecule has 0 bridgehead atoms. The van der Waals surface area contributed by atoms with Gasteiger partial charge in [0.2, 0.25) is 0 Å². The largest absolute Gasteiger partial charge is 0.497 e. The summed E-state index contributed by atoms with van der Waals surface area (Å²) in [6, 6.07) is 7.30. The summed E-state index contributed by atoms with van der Waals surface area (Å²) < 4.78 is 16.6. The topological polar surface area (TPSA) is 61.8 Å². The Morgan fingerprint density at radius 3 is 1.63 bits per heavy atom. The van der Waals surface area contributed by atoms with Crippen LogP contribution >= 0.6 is 0 Å². The van der Waals surface area contributed by atoms with Crippen molar-refractivity contribution in [2.75, 3.05) is 19.4 Å². The van der Waals surface area contributed by atoms with E-state index in [1.54, 1.807) is 0 Å². The molecular weight excluding hydrogens is 396 g/mol. The molecule has 0 radical (unpaired) electrons. The van der Waals surface area contributed by atoms with Crippen LogP contribution in [0.4, 0.5) is 0 Å². The predicted octanol–water partition coefficient (Wildman–Crippen LogP) is 5.50. The number of ether oxygens (including phenoxy) is 3. The summed E-state index contributed by atoms with van der Waals surface area (Å²) in [7, 11) is -1.32. The van der Waals surface area contributed by atoms with Gasteiger partial charge in [-0.05, 0) is 34.6 Å². The van der Waals surface area contributed by atoms with Gasteiger partial charge in [-0.1, -0.05) is 73.3 Å². The smallest absolute Gasteiger partial charge is 0.345 e. The van der Waals surface area contributed by atoms with Crippen LogP contribution in [0.2, 0.25) is 19.6 Å². The Morgan fingerprint density at radius 2 is 1.27 bits per heavy atom. The van der Waals surface area contributed by atoms with E-state index in [4.69, 9.17) is 14.2 Å². The zero-order valence-electron chi connectivity index (χ0n) is 20.0. The minimum atomic E-state index is -1.32. The molecule has 0 unspecified atom stereocenters. The summed E-state index contributed by atoms with van der Waals surface area (Å²) in [4.78, 5) is 25.3. The third kappa shape index (κ3) is 11.2. The van der Waals surface area contributed by atoms with Crippen molar-refractivity contribution in [1.29, 1.82) is 0 Å². The average Bonchev–Trinajstić information content (AvgIpc) is 2.59. The van der Waals surface area contributed by atoms with Crippen LogP contribution in [0.15, 0.2) is 29.8 Å². The summed E-state index contributed by atoms with van der Waals surface area (Å²) >= 11 is 0. The third-order valence-corrected chi connectivity index (χ3v) is 4.59. The first-order valence-electron chi connectivity index (χ1n) is 10.3. The molecule has 168 valence electrons. The molecular formula is C24H38O5Si. The average molecular weight is 435 g/mol. The standard InChI is InChI=1S/C24H38O5Si/c1-23(2,3)15-27-21(25)20(22(26)28-16-24(4,5)6)14-18-10-12-19(13-11-18)29-17-30(7,8)9/h10-14H,15-17H2,1-9H3. The third-order valence-electron chi connectivity index (χ3n) is 3.58. The molecule has 0 aromatic heterocycles. The highest BCUT2D eigenvalue weighted by atomic mass is 28.3. The van der Waals surface area contributed by atoms with Crippen LogP contribution in [0.3, 0.4) is 0 Å². The quantitative estimate of drug-likeness (QED) is 0.178. The normalized spacial score (nSPS) is 12.2. The number of rotatable bonds is 8. The Labute approximate surface area is 182 Å². The highest BCUT2D eigenvalue weighted by Crippen LogP contribution is 2.20. The van der Waals surface area contributed by atoms with Gasteiger partial charge in [0.05, 0.1) is 27.5 Å². The van der Waals surface area contributed by atoms with Gasteiger partial charge in [-0.15, -0.1) is 0 Å². The van der Waals surface area contributed by atoms with Crippen molar-refractivity contribution in [1.82, 2.24) is 0 Å². The Balaban J connectivity index is 3.03. The lowest BCUT2D eigenvalue weighted by molar-refractivity contribution is -0.149. The Morgan fingerprint density at radius 1 is 0.833 bits per heavy atom. The Bertz CT molecular complexity index is 712. The maximum absolute atomic E-state index is 12.6. The first kappa shape index (κ1) is 26.0. The van der Waals surface area contributed by atoms with E-state index >= 15 is 0 Å². The molecule has 0 aliphatic carbocycles. The molecule has 0 aliphatic rings. The molecule has 1 aromatic rings. The molecule has 30 heavy (non-hydrogen) atoms. The van der Waals surface area contributed by atoms with Crippen LogP contribution in [-0.2, 0) is 19.1 Å². The highest BCUT2D eigenvalue weighted by molar-refractivity contribution is 6.76. The first-order chi connectivity index (χ1) is 13.6. The molecule has 0 amide bonds. The zero-order valence-corrected chi connectivity index (χ0v) is 21.0. The van der Waals surface area contributed by atoms with Crippen molar-refractivity contribution >= 4 is 26.1 Å². The molecule has 1 aromatic carbocycles. The van der Waals surface area contributed by atoms with Crippen molar-refractivity contribution in [3.8, 4) is 5.75 Å². The SMILES string of the molecule is CC(C)(C)COC(=O)C(=Cc1ccc(OC[Si](C)(C)C)cc1)C(=O)OCC(C)(C)C. The second-order valence-electron chi connectivity index (χ2n) is 11.2. The molecule has 0 heterocycles. The van der Waals surface area contributed by atoms with E-state index in [0.29, 0.717) is 5.56 Å². The van der Waals surface area contributed by atoms with Crippen LogP contribution in [0.5, 0.6) is 5.75 Å². The summed E-state index contributed by atoms with van der Waals surface area (Å²) in [5.74, 6) is -0.590. The van der Waals surface area contributed by atoms with Gasteiger partial charge in [0, 0.05) is 0 Å². The maximum atomic E-state index is 12.6. The van der Waals surface area contributed by atoms with Crippen molar-refractivity contribution in [2.24, 2.45) is 10.8 Å². The van der Waals surface area contributed by atoms with E-state index in [-0.39, 0.29) is 29.6 Å². The lowest BCUT2D eigenvalue weighted by Gasteiger charge is -2.20. The lowest BCUT2D eigenvalue weighted by atomic mass is 9.98. The van der Waals surface area contributed by atoms with Crippen LogP contribution in [0.1, 0.15) is 47.1 Å². The summed E-state index contributed by atoms with van der Waals surface area (Å²) in [5.41, 5.74) is 0.182. The molecule has 0 aliphatic heterocycles. The van der Waals surface area contributed by atoms with E-state index in [1.165, 1.54) is 6.08 Å². The zero-order chi connectivity index (χ0) is 23.2. The van der Waals surface area contributed by atoms with Crippen LogP contribution in [-0.4, -0.2) is 39.5 Å². The molecule has 1 rings (SSSR count). The maximum Gasteiger partial charge on any atom is 0.345 e. The van der Waals surface area contributed by atoms with Gasteiger partial charge in [0.25, 0.3) is 0 Å². The monoisotopic (exact) mass is 434 g/mol. The molecule has 0 saturated carbocycles. The van der Waals surface area contributed by atoms with Crippen LogP contribution in [0.25, 0.3) is 6.08 Å². The number of hydrogen-bond acceptors (Lipinski definition) is 5. The van der Waals surface area contributed by atoms with Gasteiger partial charge in [-0.3, -0.25) is 0 Å².